The van der Waals surface area contributed by atoms with Crippen molar-refractivity contribution in [3.63, 3.8) is 0 Å². The number of nitrogens with one attached hydrogen (secondary N) is 1. The Morgan fingerprint density at radius 1 is 1.14 bits per heavy atom. The van der Waals surface area contributed by atoms with Crippen molar-refractivity contribution in [2.45, 2.75) is 39.2 Å². The van der Waals surface area contributed by atoms with Gasteiger partial charge in [-0.25, -0.2) is 0 Å². The highest BCUT2D eigenvalue weighted by molar-refractivity contribution is 5.97. The average molecular weight is 380 g/mol. The van der Waals surface area contributed by atoms with E-state index in [0.29, 0.717) is 13.1 Å². The lowest BCUT2D eigenvalue weighted by Crippen LogP contribution is -2.29. The van der Waals surface area contributed by atoms with E-state index < -0.39 is 0 Å². The molecule has 0 spiro atoms. The Kier molecular flexibility index (Phi) is 5.73. The third-order valence-electron chi connectivity index (χ3n) is 5.13. The Hall–Kier alpha value is -2.82. The lowest BCUT2D eigenvalue weighted by atomic mass is 9.85. The van der Waals surface area contributed by atoms with E-state index in [-0.39, 0.29) is 29.6 Å². The van der Waals surface area contributed by atoms with Gasteiger partial charge < -0.3 is 15.0 Å². The fraction of sp³-hybridized carbons (Fsp3) is 0.391. The van der Waals surface area contributed by atoms with Crippen LogP contribution >= 0.6 is 0 Å². The van der Waals surface area contributed by atoms with Gasteiger partial charge in [-0.3, -0.25) is 9.59 Å². The summed E-state index contributed by atoms with van der Waals surface area (Å²) in [5, 5.41) is 3.04. The summed E-state index contributed by atoms with van der Waals surface area (Å²) in [6.07, 6.45) is 0.235. The summed E-state index contributed by atoms with van der Waals surface area (Å²) < 4.78 is 5.37. The van der Waals surface area contributed by atoms with Gasteiger partial charge in [0.1, 0.15) is 5.75 Å². The minimum Gasteiger partial charge on any atom is -0.496 e. The summed E-state index contributed by atoms with van der Waals surface area (Å²) in [5.74, 6) is 0.292. The number of methoxy groups -OCH3 is 1. The van der Waals surface area contributed by atoms with Crippen LogP contribution in [0.5, 0.6) is 5.75 Å². The van der Waals surface area contributed by atoms with Gasteiger partial charge in [0.05, 0.1) is 13.0 Å². The summed E-state index contributed by atoms with van der Waals surface area (Å²) in [5.41, 5.74) is 2.76. The number of hydrogen-bond acceptors (Lipinski definition) is 3. The van der Waals surface area contributed by atoms with Gasteiger partial charge in [0.15, 0.2) is 0 Å². The number of benzene rings is 2. The molecule has 148 valence electrons. The van der Waals surface area contributed by atoms with E-state index >= 15 is 0 Å². The highest BCUT2D eigenvalue weighted by atomic mass is 16.5. The molecular formula is C23H28N2O3. The topological polar surface area (TPSA) is 58.6 Å². The lowest BCUT2D eigenvalue weighted by Gasteiger charge is -2.23. The average Bonchev–Trinajstić information content (AvgIpc) is 3.02. The SMILES string of the molecule is COc1ccccc1CN1CC(C(=O)Nc2ccccc2C(C)(C)C)CC1=O. The first-order chi connectivity index (χ1) is 13.3. The van der Waals surface area contributed by atoms with Gasteiger partial charge in [-0.2, -0.15) is 0 Å². The van der Waals surface area contributed by atoms with Gasteiger partial charge in [-0.1, -0.05) is 57.2 Å². The smallest absolute Gasteiger partial charge is 0.229 e. The summed E-state index contributed by atoms with van der Waals surface area (Å²) >= 11 is 0. The fourth-order valence-corrected chi connectivity index (χ4v) is 3.62. The number of carbonyl (C=O) groups excluding carboxylic acids is 2. The second-order valence-electron chi connectivity index (χ2n) is 8.27. The van der Waals surface area contributed by atoms with Crippen LogP contribution in [-0.4, -0.2) is 30.4 Å². The van der Waals surface area contributed by atoms with Crippen molar-refractivity contribution in [3.8, 4) is 5.75 Å². The standard InChI is InChI=1S/C23H28N2O3/c1-23(2,3)18-10-6-7-11-19(18)24-22(27)17-13-21(26)25(15-17)14-16-9-5-8-12-20(16)28-4/h5-12,17H,13-15H2,1-4H3,(H,24,27). The second kappa shape index (κ2) is 8.05. The first-order valence-corrected chi connectivity index (χ1v) is 9.59. The molecule has 1 fully saturated rings. The van der Waals surface area contributed by atoms with E-state index in [0.717, 1.165) is 22.6 Å². The molecule has 1 aliphatic rings. The molecule has 2 amide bonds. The number of nitrogens with zero attached hydrogens (tertiary/aromatic N) is 1. The van der Waals surface area contributed by atoms with Gasteiger partial charge in [0, 0.05) is 30.8 Å². The Morgan fingerprint density at radius 2 is 1.82 bits per heavy atom. The van der Waals surface area contributed by atoms with Crippen molar-refractivity contribution in [1.29, 1.82) is 0 Å². The number of anilines is 1. The van der Waals surface area contributed by atoms with Gasteiger partial charge in [0.2, 0.25) is 11.8 Å². The van der Waals surface area contributed by atoms with Crippen molar-refractivity contribution in [2.75, 3.05) is 19.0 Å². The van der Waals surface area contributed by atoms with E-state index in [1.54, 1.807) is 12.0 Å². The van der Waals surface area contributed by atoms with E-state index in [2.05, 4.69) is 26.1 Å². The second-order valence-corrected chi connectivity index (χ2v) is 8.27. The quantitative estimate of drug-likeness (QED) is 0.854. The first kappa shape index (κ1) is 19.9. The molecular weight excluding hydrogens is 352 g/mol. The number of para-hydroxylation sites is 2. The van der Waals surface area contributed by atoms with Crippen LogP contribution in [0.15, 0.2) is 48.5 Å². The van der Waals surface area contributed by atoms with Crippen LogP contribution in [0.25, 0.3) is 0 Å². The van der Waals surface area contributed by atoms with E-state index in [9.17, 15) is 9.59 Å². The molecule has 1 unspecified atom stereocenters. The number of likely N-dealkylation sites (tertiary alicyclic amines) is 1. The summed E-state index contributed by atoms with van der Waals surface area (Å²) in [6.45, 7) is 7.22. The van der Waals surface area contributed by atoms with Crippen LogP contribution in [0.4, 0.5) is 5.69 Å². The molecule has 3 rings (SSSR count). The Morgan fingerprint density at radius 3 is 2.54 bits per heavy atom. The number of rotatable bonds is 5. The molecule has 0 radical (unpaired) electrons. The molecule has 2 aromatic rings. The number of ether oxygens (including phenoxy) is 1. The molecule has 0 bridgehead atoms. The monoisotopic (exact) mass is 380 g/mol. The maximum absolute atomic E-state index is 12.8. The molecule has 1 atom stereocenters. The zero-order valence-corrected chi connectivity index (χ0v) is 17.0. The van der Waals surface area contributed by atoms with Crippen LogP contribution in [-0.2, 0) is 21.5 Å². The van der Waals surface area contributed by atoms with E-state index in [1.165, 1.54) is 0 Å². The van der Waals surface area contributed by atoms with Gasteiger partial charge >= 0.3 is 0 Å². The minimum absolute atomic E-state index is 0.00448. The Balaban J connectivity index is 1.69. The maximum Gasteiger partial charge on any atom is 0.229 e. The third-order valence-corrected chi connectivity index (χ3v) is 5.13. The summed E-state index contributed by atoms with van der Waals surface area (Å²) in [4.78, 5) is 27.1. The molecule has 1 heterocycles. The molecule has 0 saturated carbocycles. The largest absolute Gasteiger partial charge is 0.496 e. The lowest BCUT2D eigenvalue weighted by molar-refractivity contribution is -0.128. The highest BCUT2D eigenvalue weighted by Crippen LogP contribution is 2.31. The van der Waals surface area contributed by atoms with Crippen molar-refractivity contribution in [3.05, 3.63) is 59.7 Å². The molecule has 1 aliphatic heterocycles. The Bertz CT molecular complexity index is 870. The van der Waals surface area contributed by atoms with E-state index in [4.69, 9.17) is 4.74 Å². The summed E-state index contributed by atoms with van der Waals surface area (Å²) in [7, 11) is 1.62. The van der Waals surface area contributed by atoms with Crippen LogP contribution in [0.2, 0.25) is 0 Å². The summed E-state index contributed by atoms with van der Waals surface area (Å²) in [6, 6.07) is 15.5. The Labute approximate surface area is 166 Å². The van der Waals surface area contributed by atoms with Crippen molar-refractivity contribution < 1.29 is 14.3 Å². The molecule has 5 nitrogen and oxygen atoms in total. The molecule has 5 heteroatoms. The molecule has 1 N–H and O–H groups in total. The highest BCUT2D eigenvalue weighted by Gasteiger charge is 2.35. The normalized spacial score (nSPS) is 16.9. The molecule has 2 aromatic carbocycles. The van der Waals surface area contributed by atoms with Crippen LogP contribution in [0.3, 0.4) is 0 Å². The van der Waals surface area contributed by atoms with Crippen LogP contribution in [0, 0.1) is 5.92 Å². The van der Waals surface area contributed by atoms with Crippen LogP contribution in [0.1, 0.15) is 38.3 Å². The predicted octanol–water partition coefficient (Wildman–Crippen LogP) is 3.98. The number of amides is 2. The fourth-order valence-electron chi connectivity index (χ4n) is 3.62. The zero-order chi connectivity index (χ0) is 20.3. The first-order valence-electron chi connectivity index (χ1n) is 9.59. The molecule has 28 heavy (non-hydrogen) atoms. The third kappa shape index (κ3) is 4.35. The van der Waals surface area contributed by atoms with Gasteiger partial charge in [-0.05, 0) is 23.1 Å². The van der Waals surface area contributed by atoms with Crippen molar-refractivity contribution >= 4 is 17.5 Å². The maximum atomic E-state index is 12.8. The molecule has 1 saturated heterocycles. The number of carbonyl (C=O) groups is 2. The van der Waals surface area contributed by atoms with Gasteiger partial charge in [-0.15, -0.1) is 0 Å². The minimum atomic E-state index is -0.352. The van der Waals surface area contributed by atoms with Crippen molar-refractivity contribution in [1.82, 2.24) is 4.90 Å². The van der Waals surface area contributed by atoms with Gasteiger partial charge in [0.25, 0.3) is 0 Å². The molecule has 0 aromatic heterocycles. The van der Waals surface area contributed by atoms with E-state index in [1.807, 2.05) is 48.5 Å². The predicted molar refractivity (Wildman–Crippen MR) is 110 cm³/mol. The van der Waals surface area contributed by atoms with Crippen LogP contribution < -0.4 is 10.1 Å². The van der Waals surface area contributed by atoms with Crippen molar-refractivity contribution in [2.24, 2.45) is 5.92 Å². The zero-order valence-electron chi connectivity index (χ0n) is 17.0. The number of hydrogen-bond donors (Lipinski definition) is 1. The molecule has 0 aliphatic carbocycles.